The van der Waals surface area contributed by atoms with Crippen molar-refractivity contribution in [1.82, 2.24) is 9.78 Å². The van der Waals surface area contributed by atoms with Crippen LogP contribution in [0.1, 0.15) is 29.9 Å². The zero-order valence-electron chi connectivity index (χ0n) is 12.2. The van der Waals surface area contributed by atoms with Gasteiger partial charge in [-0.1, -0.05) is 18.2 Å². The van der Waals surface area contributed by atoms with Gasteiger partial charge in [0.1, 0.15) is 11.4 Å². The highest BCUT2D eigenvalue weighted by atomic mass is 16.4. The molecule has 0 aliphatic carbocycles. The molecule has 0 radical (unpaired) electrons. The van der Waals surface area contributed by atoms with Gasteiger partial charge in [0.15, 0.2) is 0 Å². The van der Waals surface area contributed by atoms with E-state index in [1.54, 1.807) is 11.6 Å². The molecule has 1 aromatic carbocycles. The number of para-hydroxylation sites is 1. The number of aromatic nitrogens is 2. The van der Waals surface area contributed by atoms with Gasteiger partial charge in [-0.2, -0.15) is 5.10 Å². The summed E-state index contributed by atoms with van der Waals surface area (Å²) in [5, 5.41) is 13.9. The highest BCUT2D eigenvalue weighted by Crippen LogP contribution is 2.27. The molecule has 0 amide bonds. The second kappa shape index (κ2) is 5.36. The van der Waals surface area contributed by atoms with Crippen LogP contribution < -0.4 is 4.90 Å². The Hall–Kier alpha value is -2.30. The number of carboxylic acids is 1. The molecule has 0 unspecified atom stereocenters. The third kappa shape index (κ3) is 2.39. The number of aromatic carboxylic acids is 1. The van der Waals surface area contributed by atoms with Crippen LogP contribution in [0.2, 0.25) is 0 Å². The lowest BCUT2D eigenvalue weighted by molar-refractivity contribution is 0.0697. The third-order valence-electron chi connectivity index (χ3n) is 3.36. The topological polar surface area (TPSA) is 58.4 Å². The Bertz CT molecular complexity index is 618. The predicted molar refractivity (Wildman–Crippen MR) is 78.8 cm³/mol. The number of benzene rings is 1. The fourth-order valence-corrected chi connectivity index (χ4v) is 2.09. The summed E-state index contributed by atoms with van der Waals surface area (Å²) in [5.41, 5.74) is 1.62. The van der Waals surface area contributed by atoms with Crippen LogP contribution in [0.5, 0.6) is 0 Å². The zero-order chi connectivity index (χ0) is 14.9. The van der Waals surface area contributed by atoms with Gasteiger partial charge in [0, 0.05) is 13.1 Å². The Morgan fingerprint density at radius 1 is 1.30 bits per heavy atom. The number of carboxylic acid groups (broad SMARTS) is 1. The molecule has 0 fully saturated rings. The first kappa shape index (κ1) is 14.1. The van der Waals surface area contributed by atoms with Gasteiger partial charge < -0.3 is 10.0 Å². The van der Waals surface area contributed by atoms with Crippen molar-refractivity contribution in [2.24, 2.45) is 0 Å². The SMILES string of the molecule is Cc1nn(-c2ccccc2)c(N(C)C(C)C)c1C(=O)O. The molecule has 0 aliphatic heterocycles. The van der Waals surface area contributed by atoms with Crippen molar-refractivity contribution in [2.75, 3.05) is 11.9 Å². The lowest BCUT2D eigenvalue weighted by Crippen LogP contribution is -2.29. The van der Waals surface area contributed by atoms with Crippen molar-refractivity contribution in [3.8, 4) is 5.69 Å². The van der Waals surface area contributed by atoms with Gasteiger partial charge in [-0.05, 0) is 32.9 Å². The minimum atomic E-state index is -0.952. The third-order valence-corrected chi connectivity index (χ3v) is 3.36. The van der Waals surface area contributed by atoms with Crippen LogP contribution >= 0.6 is 0 Å². The van der Waals surface area contributed by atoms with Crippen molar-refractivity contribution in [2.45, 2.75) is 26.8 Å². The van der Waals surface area contributed by atoms with E-state index < -0.39 is 5.97 Å². The molecule has 0 bridgehead atoms. The predicted octanol–water partition coefficient (Wildman–Crippen LogP) is 2.72. The molecule has 5 heteroatoms. The number of hydrogen-bond acceptors (Lipinski definition) is 3. The van der Waals surface area contributed by atoms with E-state index in [-0.39, 0.29) is 11.6 Å². The van der Waals surface area contributed by atoms with E-state index in [1.807, 2.05) is 56.1 Å². The summed E-state index contributed by atoms with van der Waals surface area (Å²) < 4.78 is 1.69. The molecule has 0 spiro atoms. The van der Waals surface area contributed by atoms with Crippen LogP contribution in [0.25, 0.3) is 5.69 Å². The van der Waals surface area contributed by atoms with Crippen molar-refractivity contribution in [3.05, 3.63) is 41.6 Å². The number of aryl methyl sites for hydroxylation is 1. The quantitative estimate of drug-likeness (QED) is 0.930. The van der Waals surface area contributed by atoms with Crippen LogP contribution in [0.3, 0.4) is 0 Å². The van der Waals surface area contributed by atoms with Gasteiger partial charge in [-0.15, -0.1) is 0 Å². The van der Waals surface area contributed by atoms with Crippen molar-refractivity contribution in [3.63, 3.8) is 0 Å². The Labute approximate surface area is 118 Å². The fraction of sp³-hybridized carbons (Fsp3) is 0.333. The van der Waals surface area contributed by atoms with E-state index in [2.05, 4.69) is 5.10 Å². The fourth-order valence-electron chi connectivity index (χ4n) is 2.09. The van der Waals surface area contributed by atoms with E-state index >= 15 is 0 Å². The molecule has 2 rings (SSSR count). The highest BCUT2D eigenvalue weighted by molar-refractivity contribution is 5.95. The molecule has 0 atom stereocenters. The first-order valence-corrected chi connectivity index (χ1v) is 6.54. The Morgan fingerprint density at radius 3 is 2.40 bits per heavy atom. The largest absolute Gasteiger partial charge is 0.477 e. The van der Waals surface area contributed by atoms with Gasteiger partial charge in [0.05, 0.1) is 11.4 Å². The smallest absolute Gasteiger partial charge is 0.341 e. The Kier molecular flexibility index (Phi) is 3.79. The van der Waals surface area contributed by atoms with E-state index in [9.17, 15) is 9.90 Å². The number of rotatable bonds is 4. The minimum absolute atomic E-state index is 0.173. The maximum Gasteiger partial charge on any atom is 0.341 e. The summed E-state index contributed by atoms with van der Waals surface area (Å²) in [4.78, 5) is 13.5. The maximum absolute atomic E-state index is 11.5. The second-order valence-corrected chi connectivity index (χ2v) is 5.04. The lowest BCUT2D eigenvalue weighted by atomic mass is 10.2. The molecule has 1 aromatic heterocycles. The zero-order valence-corrected chi connectivity index (χ0v) is 12.2. The van der Waals surface area contributed by atoms with Crippen LogP contribution in [-0.4, -0.2) is 33.9 Å². The van der Waals surface area contributed by atoms with Gasteiger partial charge in [-0.25, -0.2) is 9.48 Å². The highest BCUT2D eigenvalue weighted by Gasteiger charge is 2.25. The first-order chi connectivity index (χ1) is 9.43. The van der Waals surface area contributed by atoms with Gasteiger partial charge in [-0.3, -0.25) is 0 Å². The molecule has 0 saturated carbocycles. The summed E-state index contributed by atoms with van der Waals surface area (Å²) in [7, 11) is 1.88. The molecular formula is C15H19N3O2. The van der Waals surface area contributed by atoms with E-state index in [0.717, 1.165) is 5.69 Å². The van der Waals surface area contributed by atoms with Gasteiger partial charge >= 0.3 is 5.97 Å². The monoisotopic (exact) mass is 273 g/mol. The summed E-state index contributed by atoms with van der Waals surface area (Å²) in [6.07, 6.45) is 0. The lowest BCUT2D eigenvalue weighted by Gasteiger charge is -2.25. The molecule has 1 N–H and O–H groups in total. The van der Waals surface area contributed by atoms with Crippen LogP contribution in [-0.2, 0) is 0 Å². The molecule has 106 valence electrons. The molecule has 2 aromatic rings. The van der Waals surface area contributed by atoms with E-state index in [0.29, 0.717) is 11.5 Å². The summed E-state index contributed by atoms with van der Waals surface area (Å²) >= 11 is 0. The molecule has 20 heavy (non-hydrogen) atoms. The van der Waals surface area contributed by atoms with E-state index in [1.165, 1.54) is 0 Å². The molecule has 1 heterocycles. The molecule has 0 saturated heterocycles. The average molecular weight is 273 g/mol. The van der Waals surface area contributed by atoms with Crippen LogP contribution in [0, 0.1) is 6.92 Å². The van der Waals surface area contributed by atoms with Crippen molar-refractivity contribution < 1.29 is 9.90 Å². The number of anilines is 1. The Balaban J connectivity index is 2.69. The normalized spacial score (nSPS) is 10.8. The number of hydrogen-bond donors (Lipinski definition) is 1. The number of carbonyl (C=O) groups is 1. The van der Waals surface area contributed by atoms with Crippen LogP contribution in [0.15, 0.2) is 30.3 Å². The maximum atomic E-state index is 11.5. The number of nitrogens with zero attached hydrogens (tertiary/aromatic N) is 3. The van der Waals surface area contributed by atoms with Gasteiger partial charge in [0.25, 0.3) is 0 Å². The first-order valence-electron chi connectivity index (χ1n) is 6.54. The summed E-state index contributed by atoms with van der Waals surface area (Å²) in [6, 6.07) is 9.74. The van der Waals surface area contributed by atoms with Crippen molar-refractivity contribution in [1.29, 1.82) is 0 Å². The molecular weight excluding hydrogens is 254 g/mol. The summed E-state index contributed by atoms with van der Waals surface area (Å²) in [6.45, 7) is 5.76. The van der Waals surface area contributed by atoms with Gasteiger partial charge in [0.2, 0.25) is 0 Å². The average Bonchev–Trinajstić information content (AvgIpc) is 2.76. The summed E-state index contributed by atoms with van der Waals surface area (Å²) in [5.74, 6) is -0.344. The minimum Gasteiger partial charge on any atom is -0.477 e. The van der Waals surface area contributed by atoms with Crippen molar-refractivity contribution >= 4 is 11.8 Å². The molecule has 0 aliphatic rings. The Morgan fingerprint density at radius 2 is 1.90 bits per heavy atom. The standard InChI is InChI=1S/C15H19N3O2/c1-10(2)17(4)14-13(15(19)20)11(3)16-18(14)12-8-6-5-7-9-12/h5-10H,1-4H3,(H,19,20). The van der Waals surface area contributed by atoms with Crippen LogP contribution in [0.4, 0.5) is 5.82 Å². The molecule has 5 nitrogen and oxygen atoms in total. The van der Waals surface area contributed by atoms with E-state index in [4.69, 9.17) is 0 Å². The second-order valence-electron chi connectivity index (χ2n) is 5.04.